The Morgan fingerprint density at radius 1 is 1.27 bits per heavy atom. The van der Waals surface area contributed by atoms with Crippen LogP contribution in [0.2, 0.25) is 0 Å². The van der Waals surface area contributed by atoms with Crippen molar-refractivity contribution in [3.63, 3.8) is 0 Å². The van der Waals surface area contributed by atoms with E-state index in [1.54, 1.807) is 0 Å². The third-order valence-electron chi connectivity index (χ3n) is 4.41. The summed E-state index contributed by atoms with van der Waals surface area (Å²) in [6, 6.07) is 11.5. The summed E-state index contributed by atoms with van der Waals surface area (Å²) in [6.45, 7) is 7.69. The summed E-state index contributed by atoms with van der Waals surface area (Å²) in [5.41, 5.74) is 3.83. The molecule has 0 saturated carbocycles. The van der Waals surface area contributed by atoms with Gasteiger partial charge in [-0.05, 0) is 49.1 Å². The number of H-pyrrole nitrogens is 1. The second kappa shape index (κ2) is 6.97. The van der Waals surface area contributed by atoms with E-state index in [0.29, 0.717) is 12.0 Å². The number of rotatable bonds is 5. The molecule has 1 aromatic heterocycles. The minimum Gasteiger partial charge on any atom is -0.381 e. The fraction of sp³-hybridized carbons (Fsp3) is 0.500. The van der Waals surface area contributed by atoms with E-state index in [-0.39, 0.29) is 0 Å². The van der Waals surface area contributed by atoms with E-state index in [4.69, 9.17) is 0 Å². The van der Waals surface area contributed by atoms with Crippen LogP contribution in [-0.2, 0) is 6.54 Å². The summed E-state index contributed by atoms with van der Waals surface area (Å²) >= 11 is 0. The minimum atomic E-state index is 0.529. The van der Waals surface area contributed by atoms with E-state index in [1.807, 2.05) is 6.20 Å². The van der Waals surface area contributed by atoms with Crippen LogP contribution >= 0.6 is 0 Å². The van der Waals surface area contributed by atoms with Crippen molar-refractivity contribution in [2.75, 3.05) is 18.4 Å². The number of anilines is 1. The van der Waals surface area contributed by atoms with Crippen LogP contribution in [0.5, 0.6) is 0 Å². The molecule has 2 N–H and O–H groups in total. The summed E-state index contributed by atoms with van der Waals surface area (Å²) in [4.78, 5) is 2.50. The predicted octanol–water partition coefficient (Wildman–Crippen LogP) is 3.61. The lowest BCUT2D eigenvalue weighted by Crippen LogP contribution is -2.41. The monoisotopic (exact) mass is 298 g/mol. The Labute approximate surface area is 132 Å². The van der Waals surface area contributed by atoms with Crippen LogP contribution in [0.4, 0.5) is 5.69 Å². The number of piperidine rings is 1. The zero-order valence-corrected chi connectivity index (χ0v) is 13.5. The van der Waals surface area contributed by atoms with Crippen molar-refractivity contribution in [2.24, 2.45) is 0 Å². The van der Waals surface area contributed by atoms with Crippen molar-refractivity contribution in [3.05, 3.63) is 47.8 Å². The molecular formula is C18H26N4. The molecule has 1 aromatic carbocycles. The van der Waals surface area contributed by atoms with Crippen LogP contribution in [0, 0.1) is 0 Å². The molecule has 118 valence electrons. The first-order valence-electron chi connectivity index (χ1n) is 8.28. The van der Waals surface area contributed by atoms with E-state index in [2.05, 4.69) is 64.6 Å². The van der Waals surface area contributed by atoms with Gasteiger partial charge in [0, 0.05) is 36.7 Å². The molecule has 1 atom stereocenters. The van der Waals surface area contributed by atoms with Crippen molar-refractivity contribution >= 4 is 5.69 Å². The molecule has 0 amide bonds. The highest BCUT2D eigenvalue weighted by molar-refractivity contribution is 5.46. The normalized spacial score (nSPS) is 19.5. The topological polar surface area (TPSA) is 44.0 Å². The highest BCUT2D eigenvalue weighted by atomic mass is 15.2. The third kappa shape index (κ3) is 3.89. The first kappa shape index (κ1) is 15.1. The number of aromatic amines is 1. The molecule has 1 aliphatic rings. The van der Waals surface area contributed by atoms with Gasteiger partial charge in [-0.2, -0.15) is 5.10 Å². The Hall–Kier alpha value is -1.81. The highest BCUT2D eigenvalue weighted by Crippen LogP contribution is 2.20. The van der Waals surface area contributed by atoms with Crippen LogP contribution in [0.25, 0.3) is 0 Å². The predicted molar refractivity (Wildman–Crippen MR) is 91.0 cm³/mol. The molecule has 0 spiro atoms. The fourth-order valence-corrected chi connectivity index (χ4v) is 3.13. The van der Waals surface area contributed by atoms with Crippen LogP contribution < -0.4 is 5.32 Å². The molecule has 0 unspecified atom stereocenters. The molecule has 3 rings (SSSR count). The first-order valence-corrected chi connectivity index (χ1v) is 8.28. The van der Waals surface area contributed by atoms with Gasteiger partial charge in [-0.25, -0.2) is 0 Å². The van der Waals surface area contributed by atoms with Crippen molar-refractivity contribution in [3.8, 4) is 0 Å². The van der Waals surface area contributed by atoms with Gasteiger partial charge in [0.25, 0.3) is 0 Å². The molecule has 22 heavy (non-hydrogen) atoms. The summed E-state index contributed by atoms with van der Waals surface area (Å²) < 4.78 is 0. The Balaban J connectivity index is 1.55. The number of benzene rings is 1. The largest absolute Gasteiger partial charge is 0.381 e. The Morgan fingerprint density at radius 3 is 2.77 bits per heavy atom. The molecule has 0 aliphatic carbocycles. The van der Waals surface area contributed by atoms with Crippen LogP contribution in [0.15, 0.2) is 36.5 Å². The molecule has 2 aromatic rings. The van der Waals surface area contributed by atoms with E-state index < -0.39 is 0 Å². The van der Waals surface area contributed by atoms with Gasteiger partial charge in [-0.1, -0.05) is 26.0 Å². The Morgan fingerprint density at radius 2 is 2.09 bits per heavy atom. The third-order valence-corrected chi connectivity index (χ3v) is 4.41. The maximum absolute atomic E-state index is 4.03. The van der Waals surface area contributed by atoms with Crippen LogP contribution in [0.3, 0.4) is 0 Å². The van der Waals surface area contributed by atoms with Gasteiger partial charge in [0.1, 0.15) is 0 Å². The lowest BCUT2D eigenvalue weighted by atomic mass is 10.0. The molecule has 4 nitrogen and oxygen atoms in total. The lowest BCUT2D eigenvalue weighted by molar-refractivity contribution is 0.206. The SMILES string of the molecule is CC(C)c1ccc(N[C@H]2CCCN(Cc3ccn[nH]3)C2)cc1. The maximum atomic E-state index is 4.03. The van der Waals surface area contributed by atoms with Crippen molar-refractivity contribution in [1.29, 1.82) is 0 Å². The molecule has 0 bridgehead atoms. The smallest absolute Gasteiger partial charge is 0.0492 e. The quantitative estimate of drug-likeness (QED) is 0.886. The highest BCUT2D eigenvalue weighted by Gasteiger charge is 2.20. The van der Waals surface area contributed by atoms with Gasteiger partial charge < -0.3 is 5.32 Å². The molecule has 1 aliphatic heterocycles. The number of hydrogen-bond donors (Lipinski definition) is 2. The van der Waals surface area contributed by atoms with E-state index >= 15 is 0 Å². The lowest BCUT2D eigenvalue weighted by Gasteiger charge is -2.33. The second-order valence-corrected chi connectivity index (χ2v) is 6.58. The van der Waals surface area contributed by atoms with Gasteiger partial charge >= 0.3 is 0 Å². The number of nitrogens with one attached hydrogen (secondary N) is 2. The fourth-order valence-electron chi connectivity index (χ4n) is 3.13. The number of likely N-dealkylation sites (tertiary alicyclic amines) is 1. The summed E-state index contributed by atoms with van der Waals surface area (Å²) in [5.74, 6) is 0.591. The van der Waals surface area contributed by atoms with E-state index in [9.17, 15) is 0 Å². The second-order valence-electron chi connectivity index (χ2n) is 6.58. The Bertz CT molecular complexity index is 559. The molecule has 4 heteroatoms. The average molecular weight is 298 g/mol. The molecule has 2 heterocycles. The van der Waals surface area contributed by atoms with Gasteiger partial charge in [0.05, 0.1) is 0 Å². The number of aromatic nitrogens is 2. The molecular weight excluding hydrogens is 272 g/mol. The van der Waals surface area contributed by atoms with E-state index in [1.165, 1.54) is 36.3 Å². The minimum absolute atomic E-state index is 0.529. The molecule has 0 radical (unpaired) electrons. The van der Waals surface area contributed by atoms with Gasteiger partial charge in [0.2, 0.25) is 0 Å². The summed E-state index contributed by atoms with van der Waals surface area (Å²) in [7, 11) is 0. The van der Waals surface area contributed by atoms with E-state index in [0.717, 1.165) is 13.1 Å². The standard InChI is InChI=1S/C18H26N4/c1-14(2)15-5-7-16(8-6-15)20-17-4-3-11-22(12-17)13-18-9-10-19-21-18/h5-10,14,17,20H,3-4,11-13H2,1-2H3,(H,19,21)/t17-/m0/s1. The summed E-state index contributed by atoms with van der Waals surface area (Å²) in [6.07, 6.45) is 4.31. The van der Waals surface area contributed by atoms with Crippen molar-refractivity contribution in [2.45, 2.75) is 45.2 Å². The van der Waals surface area contributed by atoms with Gasteiger partial charge in [-0.15, -0.1) is 0 Å². The molecule has 1 saturated heterocycles. The number of nitrogens with zero attached hydrogens (tertiary/aromatic N) is 2. The average Bonchev–Trinajstić information content (AvgIpc) is 3.01. The van der Waals surface area contributed by atoms with Gasteiger partial charge in [-0.3, -0.25) is 10.00 Å². The van der Waals surface area contributed by atoms with Gasteiger partial charge in [0.15, 0.2) is 0 Å². The molecule has 1 fully saturated rings. The maximum Gasteiger partial charge on any atom is 0.0492 e. The van der Waals surface area contributed by atoms with Crippen molar-refractivity contribution < 1.29 is 0 Å². The Kier molecular flexibility index (Phi) is 4.78. The number of hydrogen-bond acceptors (Lipinski definition) is 3. The zero-order valence-electron chi connectivity index (χ0n) is 13.5. The van der Waals surface area contributed by atoms with Crippen LogP contribution in [-0.4, -0.2) is 34.2 Å². The first-order chi connectivity index (χ1) is 10.7. The summed E-state index contributed by atoms with van der Waals surface area (Å²) in [5, 5.41) is 10.8. The zero-order chi connectivity index (χ0) is 15.4. The van der Waals surface area contributed by atoms with Crippen LogP contribution in [0.1, 0.15) is 43.9 Å². The van der Waals surface area contributed by atoms with Crippen molar-refractivity contribution in [1.82, 2.24) is 15.1 Å².